The van der Waals surface area contributed by atoms with Crippen molar-refractivity contribution >= 4 is 18.0 Å². The summed E-state index contributed by atoms with van der Waals surface area (Å²) in [5.74, 6) is 1.06. The van der Waals surface area contributed by atoms with Crippen molar-refractivity contribution in [2.24, 2.45) is 0 Å². The molecule has 3 rings (SSSR count). The molecule has 1 saturated heterocycles. The zero-order valence-electron chi connectivity index (χ0n) is 14.2. The molecule has 128 valence electrons. The van der Waals surface area contributed by atoms with Gasteiger partial charge in [0, 0.05) is 25.6 Å². The summed E-state index contributed by atoms with van der Waals surface area (Å²) < 4.78 is 11.8. The van der Waals surface area contributed by atoms with Gasteiger partial charge < -0.3 is 4.74 Å². The molecule has 0 aliphatic carbocycles. The van der Waals surface area contributed by atoms with Gasteiger partial charge in [0.25, 0.3) is 5.82 Å². The van der Waals surface area contributed by atoms with Gasteiger partial charge in [0.15, 0.2) is 0 Å². The molecular weight excluding hydrogens is 318 g/mol. The second kappa shape index (κ2) is 9.06. The van der Waals surface area contributed by atoms with Crippen LogP contribution in [0.2, 0.25) is 0 Å². The summed E-state index contributed by atoms with van der Waals surface area (Å²) in [6, 6.07) is 16.7. The summed E-state index contributed by atoms with van der Waals surface area (Å²) in [5, 5.41) is 0. The standard InChI is InChI=1S/C19H25N3OS/c1-2-17-9-6-10-19(20-17)21-24-22-13-11-18(12-14-22)23-15-16-7-4-3-5-8-16/h3-10,18H,2,11-15H2,1H3,(H,20,21)/p+1. The Morgan fingerprint density at radius 2 is 1.92 bits per heavy atom. The summed E-state index contributed by atoms with van der Waals surface area (Å²) in [7, 11) is 0. The van der Waals surface area contributed by atoms with E-state index in [9.17, 15) is 0 Å². The van der Waals surface area contributed by atoms with Gasteiger partial charge in [-0.25, -0.2) is 9.29 Å². The smallest absolute Gasteiger partial charge is 0.284 e. The minimum Gasteiger partial charge on any atom is -0.373 e. The lowest BCUT2D eigenvalue weighted by molar-refractivity contribution is -0.372. The minimum atomic E-state index is 0.372. The van der Waals surface area contributed by atoms with E-state index in [4.69, 9.17) is 4.74 Å². The Labute approximate surface area is 148 Å². The molecule has 2 N–H and O–H groups in total. The van der Waals surface area contributed by atoms with Gasteiger partial charge in [0.05, 0.1) is 12.7 Å². The van der Waals surface area contributed by atoms with Crippen molar-refractivity contribution < 1.29 is 9.72 Å². The molecule has 5 heteroatoms. The zero-order chi connectivity index (χ0) is 16.6. The highest BCUT2D eigenvalue weighted by Gasteiger charge is 2.22. The van der Waals surface area contributed by atoms with Crippen molar-refractivity contribution in [2.75, 3.05) is 17.8 Å². The van der Waals surface area contributed by atoms with Crippen LogP contribution in [0, 0.1) is 0 Å². The molecule has 2 aromatic rings. The average molecular weight is 345 g/mol. The van der Waals surface area contributed by atoms with Gasteiger partial charge in [-0.3, -0.25) is 0 Å². The van der Waals surface area contributed by atoms with Crippen molar-refractivity contribution in [3.8, 4) is 0 Å². The maximum absolute atomic E-state index is 6.05. The predicted molar refractivity (Wildman–Crippen MR) is 99.4 cm³/mol. The first kappa shape index (κ1) is 17.3. The normalized spacial score (nSPS) is 16.2. The number of aromatic nitrogens is 1. The molecule has 0 atom stereocenters. The molecule has 0 amide bonds. The average Bonchev–Trinajstić information content (AvgIpc) is 2.66. The number of aromatic amines is 1. The second-order valence-corrected chi connectivity index (χ2v) is 6.96. The zero-order valence-corrected chi connectivity index (χ0v) is 15.0. The molecule has 1 aromatic carbocycles. The van der Waals surface area contributed by atoms with E-state index < -0.39 is 0 Å². The lowest BCUT2D eigenvalue weighted by Crippen LogP contribution is -2.34. The van der Waals surface area contributed by atoms with E-state index in [1.807, 2.05) is 6.07 Å². The Balaban J connectivity index is 1.37. The molecule has 1 aliphatic rings. The topological polar surface area (TPSA) is 38.6 Å². The van der Waals surface area contributed by atoms with Crippen molar-refractivity contribution in [3.05, 3.63) is 59.8 Å². The number of nitrogens with zero attached hydrogens (tertiary/aromatic N) is 1. The van der Waals surface area contributed by atoms with Gasteiger partial charge in [-0.05, 0) is 24.5 Å². The molecule has 0 unspecified atom stereocenters. The van der Waals surface area contributed by atoms with Crippen molar-refractivity contribution in [2.45, 2.75) is 38.9 Å². The molecule has 4 nitrogen and oxygen atoms in total. The van der Waals surface area contributed by atoms with Gasteiger partial charge >= 0.3 is 0 Å². The Morgan fingerprint density at radius 3 is 2.67 bits per heavy atom. The summed E-state index contributed by atoms with van der Waals surface area (Å²) in [6.45, 7) is 4.97. The van der Waals surface area contributed by atoms with Gasteiger partial charge in [-0.2, -0.15) is 4.72 Å². The molecule has 0 spiro atoms. The lowest BCUT2D eigenvalue weighted by Gasteiger charge is -2.29. The van der Waals surface area contributed by atoms with E-state index in [2.05, 4.69) is 63.4 Å². The minimum absolute atomic E-state index is 0.372. The summed E-state index contributed by atoms with van der Waals surface area (Å²) in [6.07, 6.45) is 3.56. The van der Waals surface area contributed by atoms with Crippen LogP contribution in [0.5, 0.6) is 0 Å². The Hall–Kier alpha value is -1.56. The quantitative estimate of drug-likeness (QED) is 0.777. The molecular formula is C19H26N3OS+. The Bertz CT molecular complexity index is 615. The third-order valence-corrected chi connectivity index (χ3v) is 5.19. The number of H-pyrrole nitrogens is 1. The largest absolute Gasteiger partial charge is 0.373 e. The van der Waals surface area contributed by atoms with Crippen molar-refractivity contribution in [1.82, 2.24) is 4.31 Å². The van der Waals surface area contributed by atoms with E-state index >= 15 is 0 Å². The first-order valence-electron chi connectivity index (χ1n) is 8.68. The van der Waals surface area contributed by atoms with Gasteiger partial charge in [0.2, 0.25) is 0 Å². The van der Waals surface area contributed by atoms with Crippen LogP contribution in [-0.4, -0.2) is 23.5 Å². The Morgan fingerprint density at radius 1 is 1.12 bits per heavy atom. The van der Waals surface area contributed by atoms with Gasteiger partial charge in [-0.1, -0.05) is 43.3 Å². The highest BCUT2D eigenvalue weighted by Crippen LogP contribution is 2.21. The number of nitrogens with one attached hydrogen (secondary N) is 2. The third kappa shape index (κ3) is 5.23. The molecule has 1 aliphatic heterocycles. The lowest BCUT2D eigenvalue weighted by atomic mass is 10.1. The fraction of sp³-hybridized carbons (Fsp3) is 0.421. The maximum atomic E-state index is 6.05. The first-order chi connectivity index (χ1) is 11.8. The number of anilines is 1. The van der Waals surface area contributed by atoms with Crippen LogP contribution < -0.4 is 9.71 Å². The van der Waals surface area contributed by atoms with Crippen LogP contribution in [0.3, 0.4) is 0 Å². The van der Waals surface area contributed by atoms with E-state index in [1.165, 1.54) is 11.3 Å². The predicted octanol–water partition coefficient (Wildman–Crippen LogP) is 3.72. The highest BCUT2D eigenvalue weighted by molar-refractivity contribution is 7.98. The number of hydrogen-bond donors (Lipinski definition) is 1. The number of rotatable bonds is 7. The van der Waals surface area contributed by atoms with E-state index in [0.717, 1.165) is 44.8 Å². The van der Waals surface area contributed by atoms with Crippen LogP contribution >= 0.6 is 12.1 Å². The molecule has 24 heavy (non-hydrogen) atoms. The molecule has 2 heterocycles. The molecule has 0 radical (unpaired) electrons. The van der Waals surface area contributed by atoms with E-state index in [-0.39, 0.29) is 0 Å². The maximum Gasteiger partial charge on any atom is 0.284 e. The highest BCUT2D eigenvalue weighted by atomic mass is 32.2. The van der Waals surface area contributed by atoms with Crippen LogP contribution in [0.4, 0.5) is 5.82 Å². The fourth-order valence-electron chi connectivity index (χ4n) is 2.77. The van der Waals surface area contributed by atoms with Crippen molar-refractivity contribution in [1.29, 1.82) is 0 Å². The summed E-state index contributed by atoms with van der Waals surface area (Å²) in [5.41, 5.74) is 2.50. The molecule has 0 bridgehead atoms. The summed E-state index contributed by atoms with van der Waals surface area (Å²) >= 11 is 1.68. The fourth-order valence-corrected chi connectivity index (χ4v) is 3.51. The van der Waals surface area contributed by atoms with Crippen LogP contribution in [0.1, 0.15) is 31.0 Å². The Kier molecular flexibility index (Phi) is 6.52. The molecule has 1 aromatic heterocycles. The van der Waals surface area contributed by atoms with Crippen LogP contribution in [-0.2, 0) is 17.8 Å². The number of ether oxygens (including phenoxy) is 1. The van der Waals surface area contributed by atoms with E-state index in [1.54, 1.807) is 12.1 Å². The number of hydrogen-bond acceptors (Lipinski definition) is 4. The number of piperidine rings is 1. The van der Waals surface area contributed by atoms with E-state index in [0.29, 0.717) is 6.10 Å². The third-order valence-electron chi connectivity index (χ3n) is 4.25. The van der Waals surface area contributed by atoms with Gasteiger partial charge in [-0.15, -0.1) is 0 Å². The monoisotopic (exact) mass is 344 g/mol. The van der Waals surface area contributed by atoms with Crippen molar-refractivity contribution in [3.63, 3.8) is 0 Å². The van der Waals surface area contributed by atoms with Crippen LogP contribution in [0.25, 0.3) is 0 Å². The number of aryl methyl sites for hydroxylation is 1. The molecule has 1 fully saturated rings. The first-order valence-corrected chi connectivity index (χ1v) is 9.45. The summed E-state index contributed by atoms with van der Waals surface area (Å²) in [4.78, 5) is 3.40. The SMILES string of the molecule is CCc1cccc(NSN2CCC(OCc3ccccc3)CC2)[nH+]1. The van der Waals surface area contributed by atoms with Gasteiger partial charge in [0.1, 0.15) is 17.8 Å². The van der Waals surface area contributed by atoms with Crippen LogP contribution in [0.15, 0.2) is 48.5 Å². The number of pyridine rings is 1. The second-order valence-electron chi connectivity index (χ2n) is 6.06. The molecule has 0 saturated carbocycles. The number of benzene rings is 1.